The van der Waals surface area contributed by atoms with E-state index < -0.39 is 0 Å². The topological polar surface area (TPSA) is 95.2 Å². The van der Waals surface area contributed by atoms with Gasteiger partial charge in [-0.05, 0) is 30.7 Å². The molecule has 0 fully saturated rings. The highest BCUT2D eigenvalue weighted by Gasteiger charge is 2.13. The normalized spacial score (nSPS) is 10.6. The molecule has 3 rings (SSSR count). The molecule has 0 aliphatic carbocycles. The Hall–Kier alpha value is -3.48. The molecule has 0 aliphatic rings. The van der Waals surface area contributed by atoms with Gasteiger partial charge in [0.15, 0.2) is 0 Å². The molecule has 2 amide bonds. The number of H-pyrrole nitrogens is 1. The summed E-state index contributed by atoms with van der Waals surface area (Å²) in [6.45, 7) is -0.0151. The highest BCUT2D eigenvalue weighted by Crippen LogP contribution is 2.08. The summed E-state index contributed by atoms with van der Waals surface area (Å²) in [6.07, 6.45) is 1.28. The average Bonchev–Trinajstić information content (AvgIpc) is 2.68. The molecular formula is C21H22N4O3. The molecule has 144 valence electrons. The van der Waals surface area contributed by atoms with Crippen molar-refractivity contribution in [1.82, 2.24) is 14.9 Å². The molecule has 7 heteroatoms. The van der Waals surface area contributed by atoms with Gasteiger partial charge in [-0.1, -0.05) is 30.3 Å². The van der Waals surface area contributed by atoms with Gasteiger partial charge in [0.25, 0.3) is 5.56 Å². The summed E-state index contributed by atoms with van der Waals surface area (Å²) in [6, 6.07) is 16.2. The fraction of sp³-hybridized carbons (Fsp3) is 0.238. The maximum absolute atomic E-state index is 12.3. The summed E-state index contributed by atoms with van der Waals surface area (Å²) in [5.41, 5.74) is 1.16. The molecule has 1 heterocycles. The summed E-state index contributed by atoms with van der Waals surface area (Å²) in [5.74, 6) is 0.176. The van der Waals surface area contributed by atoms with Crippen LogP contribution >= 0.6 is 0 Å². The fourth-order valence-corrected chi connectivity index (χ4v) is 2.88. The Labute approximate surface area is 162 Å². The first kappa shape index (κ1) is 19.3. The zero-order valence-corrected chi connectivity index (χ0v) is 15.6. The molecule has 0 radical (unpaired) electrons. The van der Waals surface area contributed by atoms with Gasteiger partial charge in [0.05, 0.1) is 17.4 Å². The number of anilines is 1. The van der Waals surface area contributed by atoms with Crippen LogP contribution in [0.2, 0.25) is 0 Å². The quantitative estimate of drug-likeness (QED) is 0.660. The van der Waals surface area contributed by atoms with E-state index in [1.807, 2.05) is 24.3 Å². The Balaban J connectivity index is 1.48. The number of aryl methyl sites for hydroxylation is 1. The van der Waals surface area contributed by atoms with Crippen molar-refractivity contribution < 1.29 is 9.59 Å². The van der Waals surface area contributed by atoms with Gasteiger partial charge < -0.3 is 15.2 Å². The average molecular weight is 378 g/mol. The van der Waals surface area contributed by atoms with Crippen molar-refractivity contribution in [1.29, 1.82) is 0 Å². The number of carbonyl (C=O) groups is 2. The summed E-state index contributed by atoms with van der Waals surface area (Å²) in [7, 11) is 1.60. The Bertz CT molecular complexity index is 1030. The molecule has 2 N–H and O–H groups in total. The third-order valence-electron chi connectivity index (χ3n) is 4.33. The number of rotatable bonds is 7. The largest absolute Gasteiger partial charge is 0.336 e. The van der Waals surface area contributed by atoms with E-state index in [2.05, 4.69) is 15.3 Å². The minimum Gasteiger partial charge on any atom is -0.336 e. The molecule has 0 unspecified atom stereocenters. The number of para-hydroxylation sites is 2. The maximum Gasteiger partial charge on any atom is 0.258 e. The van der Waals surface area contributed by atoms with Crippen molar-refractivity contribution in [2.45, 2.75) is 19.3 Å². The molecule has 0 saturated heterocycles. The number of hydrogen-bond acceptors (Lipinski definition) is 4. The van der Waals surface area contributed by atoms with Crippen molar-refractivity contribution in [3.63, 3.8) is 0 Å². The summed E-state index contributed by atoms with van der Waals surface area (Å²) >= 11 is 0. The number of nitrogens with zero attached hydrogens (tertiary/aromatic N) is 2. The predicted molar refractivity (Wildman–Crippen MR) is 108 cm³/mol. The predicted octanol–water partition coefficient (Wildman–Crippen LogP) is 2.34. The van der Waals surface area contributed by atoms with E-state index in [0.717, 1.165) is 0 Å². The second-order valence-electron chi connectivity index (χ2n) is 6.55. The molecule has 1 aromatic heterocycles. The van der Waals surface area contributed by atoms with Gasteiger partial charge in [0.1, 0.15) is 5.82 Å². The van der Waals surface area contributed by atoms with Gasteiger partial charge >= 0.3 is 0 Å². The molecule has 2 aromatic carbocycles. The zero-order chi connectivity index (χ0) is 19.9. The minimum atomic E-state index is -0.248. The van der Waals surface area contributed by atoms with Gasteiger partial charge in [-0.2, -0.15) is 0 Å². The Morgan fingerprint density at radius 3 is 2.57 bits per heavy atom. The first-order valence-electron chi connectivity index (χ1n) is 9.10. The van der Waals surface area contributed by atoms with E-state index in [9.17, 15) is 14.4 Å². The monoisotopic (exact) mass is 378 g/mol. The highest BCUT2D eigenvalue weighted by atomic mass is 16.2. The van der Waals surface area contributed by atoms with Crippen LogP contribution in [0.4, 0.5) is 5.69 Å². The van der Waals surface area contributed by atoms with E-state index in [-0.39, 0.29) is 30.3 Å². The number of nitrogens with one attached hydrogen (secondary N) is 2. The van der Waals surface area contributed by atoms with Gasteiger partial charge in [-0.3, -0.25) is 14.4 Å². The van der Waals surface area contributed by atoms with Gasteiger partial charge in [0, 0.05) is 25.6 Å². The first-order chi connectivity index (χ1) is 13.5. The van der Waals surface area contributed by atoms with E-state index in [1.165, 1.54) is 4.90 Å². The number of aromatic nitrogens is 2. The Morgan fingerprint density at radius 2 is 1.79 bits per heavy atom. The van der Waals surface area contributed by atoms with Crippen LogP contribution in [0.1, 0.15) is 18.7 Å². The maximum atomic E-state index is 12.3. The lowest BCUT2D eigenvalue weighted by Crippen LogP contribution is -2.34. The summed E-state index contributed by atoms with van der Waals surface area (Å²) in [5, 5.41) is 3.30. The van der Waals surface area contributed by atoms with Crippen LogP contribution in [0, 0.1) is 0 Å². The zero-order valence-electron chi connectivity index (χ0n) is 15.6. The van der Waals surface area contributed by atoms with Crippen LogP contribution in [-0.4, -0.2) is 40.3 Å². The Kier molecular flexibility index (Phi) is 6.16. The third-order valence-corrected chi connectivity index (χ3v) is 4.33. The second-order valence-corrected chi connectivity index (χ2v) is 6.55. The number of fused-ring (bicyclic) bond motifs is 1. The van der Waals surface area contributed by atoms with Crippen molar-refractivity contribution in [2.75, 3.05) is 18.9 Å². The number of aromatic amines is 1. The van der Waals surface area contributed by atoms with Crippen molar-refractivity contribution in [3.05, 3.63) is 70.8 Å². The molecular weight excluding hydrogens is 356 g/mol. The highest BCUT2D eigenvalue weighted by molar-refractivity contribution is 5.94. The van der Waals surface area contributed by atoms with Crippen LogP contribution < -0.4 is 10.9 Å². The van der Waals surface area contributed by atoms with E-state index in [0.29, 0.717) is 35.3 Å². The summed E-state index contributed by atoms with van der Waals surface area (Å²) < 4.78 is 0. The summed E-state index contributed by atoms with van der Waals surface area (Å²) in [4.78, 5) is 44.9. The van der Waals surface area contributed by atoms with Crippen LogP contribution in [0.3, 0.4) is 0 Å². The first-order valence-corrected chi connectivity index (χ1v) is 9.10. The lowest BCUT2D eigenvalue weighted by molar-refractivity contribution is -0.133. The third kappa shape index (κ3) is 5.03. The van der Waals surface area contributed by atoms with E-state index in [4.69, 9.17) is 0 Å². The minimum absolute atomic E-state index is 0.0151. The molecule has 28 heavy (non-hydrogen) atoms. The second kappa shape index (κ2) is 8.94. The fourth-order valence-electron chi connectivity index (χ4n) is 2.88. The van der Waals surface area contributed by atoms with Gasteiger partial charge in [-0.15, -0.1) is 0 Å². The van der Waals surface area contributed by atoms with E-state index in [1.54, 1.807) is 37.4 Å². The van der Waals surface area contributed by atoms with Crippen LogP contribution in [0.25, 0.3) is 10.9 Å². The lowest BCUT2D eigenvalue weighted by Gasteiger charge is -2.16. The smallest absolute Gasteiger partial charge is 0.258 e. The number of benzene rings is 2. The lowest BCUT2D eigenvalue weighted by atomic mass is 10.2. The number of amides is 2. The molecule has 0 spiro atoms. The molecule has 0 bridgehead atoms. The SMILES string of the molecule is CN(CC(=O)Nc1ccccc1)C(=O)CCCc1nc2ccccc2c(=O)[nH]1. The van der Waals surface area contributed by atoms with Gasteiger partial charge in [0.2, 0.25) is 11.8 Å². The van der Waals surface area contributed by atoms with Crippen molar-refractivity contribution in [3.8, 4) is 0 Å². The molecule has 0 atom stereocenters. The van der Waals surface area contributed by atoms with E-state index >= 15 is 0 Å². The molecule has 0 saturated carbocycles. The van der Waals surface area contributed by atoms with Crippen LogP contribution in [0.15, 0.2) is 59.4 Å². The van der Waals surface area contributed by atoms with Crippen LogP contribution in [0.5, 0.6) is 0 Å². The van der Waals surface area contributed by atoms with Crippen LogP contribution in [-0.2, 0) is 16.0 Å². The number of likely N-dealkylation sites (N-methyl/N-ethyl adjacent to an activating group) is 1. The van der Waals surface area contributed by atoms with Gasteiger partial charge in [-0.25, -0.2) is 4.98 Å². The molecule has 3 aromatic rings. The van der Waals surface area contributed by atoms with Crippen molar-refractivity contribution in [2.24, 2.45) is 0 Å². The molecule has 0 aliphatic heterocycles. The molecule has 7 nitrogen and oxygen atoms in total. The number of hydrogen-bond donors (Lipinski definition) is 2. The van der Waals surface area contributed by atoms with Crippen molar-refractivity contribution >= 4 is 28.4 Å². The number of carbonyl (C=O) groups excluding carboxylic acids is 2. The Morgan fingerprint density at radius 1 is 1.07 bits per heavy atom. The standard InChI is InChI=1S/C21H22N4O3/c1-25(14-19(26)22-15-8-3-2-4-9-15)20(27)13-7-12-18-23-17-11-6-5-10-16(17)21(28)24-18/h2-6,8-11H,7,12-14H2,1H3,(H,22,26)(H,23,24,28).